The zero-order chi connectivity index (χ0) is 17.9. The Morgan fingerprint density at radius 3 is 1.91 bits per heavy atom. The number of carbonyl (C=O) groups excluding carboxylic acids is 2. The molecule has 0 N–H and O–H groups in total. The van der Waals surface area contributed by atoms with E-state index in [9.17, 15) is 9.59 Å². The first kappa shape index (κ1) is 21.8. The van der Waals surface area contributed by atoms with E-state index in [1.807, 2.05) is 0 Å². The first-order chi connectivity index (χ1) is 10.7. The molecule has 0 amide bonds. The topological polar surface area (TPSA) is 61.8 Å². The molecule has 0 aliphatic heterocycles. The van der Waals surface area contributed by atoms with Gasteiger partial charge in [-0.25, -0.2) is 9.59 Å². The maximum atomic E-state index is 11.3. The quantitative estimate of drug-likeness (QED) is 0.232. The molecule has 0 aromatic carbocycles. The van der Waals surface area contributed by atoms with Crippen LogP contribution in [0.5, 0.6) is 0 Å². The first-order valence-electron chi connectivity index (χ1n) is 7.95. The Hall–Kier alpha value is -1.19. The van der Waals surface area contributed by atoms with Gasteiger partial charge in [0.05, 0.1) is 13.2 Å². The number of hydrogen-bond acceptors (Lipinski definition) is 5. The van der Waals surface area contributed by atoms with Crippen molar-refractivity contribution in [2.45, 2.75) is 51.9 Å². The SMILES string of the molecule is C=C(C)C(=O)OCCC[SiH2]O[Si](C)(C)CCCOC(=O)C(=C)C. The number of carbonyl (C=O) groups is 2. The molecule has 0 atom stereocenters. The third-order valence-electron chi connectivity index (χ3n) is 3.12. The molecule has 0 bridgehead atoms. The maximum Gasteiger partial charge on any atom is 0.333 e. The lowest BCUT2D eigenvalue weighted by Crippen LogP contribution is -2.32. The van der Waals surface area contributed by atoms with E-state index in [0.717, 1.165) is 24.9 Å². The van der Waals surface area contributed by atoms with Gasteiger partial charge in [-0.15, -0.1) is 0 Å². The normalized spacial score (nSPS) is 11.5. The smallest absolute Gasteiger partial charge is 0.333 e. The summed E-state index contributed by atoms with van der Waals surface area (Å²) in [6.45, 7) is 15.6. The minimum absolute atomic E-state index is 0.327. The average molecular weight is 359 g/mol. The fourth-order valence-electron chi connectivity index (χ4n) is 1.70. The first-order valence-corrected chi connectivity index (χ1v) is 12.6. The summed E-state index contributed by atoms with van der Waals surface area (Å²) in [7, 11) is -2.27. The Kier molecular flexibility index (Phi) is 10.8. The lowest BCUT2D eigenvalue weighted by atomic mass is 10.4. The van der Waals surface area contributed by atoms with Crippen molar-refractivity contribution in [3.8, 4) is 0 Å². The van der Waals surface area contributed by atoms with Gasteiger partial charge in [0.2, 0.25) is 0 Å². The summed E-state index contributed by atoms with van der Waals surface area (Å²) in [6.07, 6.45) is 1.66. The van der Waals surface area contributed by atoms with Crippen molar-refractivity contribution in [1.82, 2.24) is 0 Å². The van der Waals surface area contributed by atoms with Crippen LogP contribution in [0.1, 0.15) is 26.7 Å². The van der Waals surface area contributed by atoms with Gasteiger partial charge in [0, 0.05) is 11.1 Å². The fraction of sp³-hybridized carbons (Fsp3) is 0.625. The Balaban J connectivity index is 3.68. The lowest BCUT2D eigenvalue weighted by molar-refractivity contribution is -0.139. The molecular weight excluding hydrogens is 328 g/mol. The van der Waals surface area contributed by atoms with Gasteiger partial charge in [0.25, 0.3) is 0 Å². The third kappa shape index (κ3) is 12.0. The largest absolute Gasteiger partial charge is 0.462 e. The average Bonchev–Trinajstić information content (AvgIpc) is 2.46. The van der Waals surface area contributed by atoms with Crippen LogP contribution in [0.15, 0.2) is 24.3 Å². The number of ether oxygens (including phenoxy) is 2. The summed E-state index contributed by atoms with van der Waals surface area (Å²) >= 11 is 0. The van der Waals surface area contributed by atoms with Gasteiger partial charge >= 0.3 is 11.9 Å². The van der Waals surface area contributed by atoms with Crippen LogP contribution in [0.3, 0.4) is 0 Å². The molecule has 0 unspecified atom stereocenters. The molecule has 0 rings (SSSR count). The van der Waals surface area contributed by atoms with Crippen molar-refractivity contribution in [2.24, 2.45) is 0 Å². The van der Waals surface area contributed by atoms with E-state index in [1.54, 1.807) is 13.8 Å². The highest BCUT2D eigenvalue weighted by Gasteiger charge is 2.21. The van der Waals surface area contributed by atoms with Crippen LogP contribution >= 0.6 is 0 Å². The highest BCUT2D eigenvalue weighted by atomic mass is 28.4. The number of esters is 2. The molecule has 0 heterocycles. The molecule has 0 spiro atoms. The third-order valence-corrected chi connectivity index (χ3v) is 9.41. The second-order valence-corrected chi connectivity index (χ2v) is 12.5. The van der Waals surface area contributed by atoms with Crippen molar-refractivity contribution >= 4 is 30.0 Å². The Morgan fingerprint density at radius 2 is 1.43 bits per heavy atom. The van der Waals surface area contributed by atoms with Crippen LogP contribution in [-0.4, -0.2) is 43.2 Å². The fourth-order valence-corrected chi connectivity index (χ4v) is 6.47. The van der Waals surface area contributed by atoms with Crippen LogP contribution in [0.4, 0.5) is 0 Å². The van der Waals surface area contributed by atoms with Crippen molar-refractivity contribution in [2.75, 3.05) is 13.2 Å². The van der Waals surface area contributed by atoms with Crippen molar-refractivity contribution in [3.63, 3.8) is 0 Å². The second-order valence-electron chi connectivity index (χ2n) is 6.25. The molecule has 132 valence electrons. The van der Waals surface area contributed by atoms with Crippen molar-refractivity contribution in [1.29, 1.82) is 0 Å². The Morgan fingerprint density at radius 1 is 0.957 bits per heavy atom. The molecule has 0 aromatic heterocycles. The second kappa shape index (κ2) is 11.4. The van der Waals surface area contributed by atoms with Crippen LogP contribution in [0.25, 0.3) is 0 Å². The zero-order valence-electron chi connectivity index (χ0n) is 14.9. The molecule has 0 fully saturated rings. The van der Waals surface area contributed by atoms with E-state index in [4.69, 9.17) is 13.6 Å². The van der Waals surface area contributed by atoms with Crippen molar-refractivity contribution < 1.29 is 23.2 Å². The van der Waals surface area contributed by atoms with Gasteiger partial charge in [-0.1, -0.05) is 13.2 Å². The molecule has 0 aliphatic rings. The minimum atomic E-state index is -1.68. The molecule has 23 heavy (non-hydrogen) atoms. The van der Waals surface area contributed by atoms with Gasteiger partial charge in [-0.2, -0.15) is 0 Å². The van der Waals surface area contributed by atoms with Gasteiger partial charge in [-0.05, 0) is 51.9 Å². The monoisotopic (exact) mass is 358 g/mol. The van der Waals surface area contributed by atoms with E-state index in [1.165, 1.54) is 0 Å². The Labute approximate surface area is 143 Å². The van der Waals surface area contributed by atoms with Gasteiger partial charge < -0.3 is 13.6 Å². The number of hydrogen-bond donors (Lipinski definition) is 0. The molecule has 0 saturated heterocycles. The lowest BCUT2D eigenvalue weighted by Gasteiger charge is -2.23. The summed E-state index contributed by atoms with van der Waals surface area (Å²) in [5, 5.41) is 0. The zero-order valence-corrected chi connectivity index (χ0v) is 17.3. The Bertz CT molecular complexity index is 432. The van der Waals surface area contributed by atoms with E-state index in [2.05, 4.69) is 26.3 Å². The standard InChI is InChI=1S/C16H30O5Si2/c1-13(2)15(17)19-9-7-11-22-21-23(5,6)12-8-10-20-16(18)14(3)4/h1,3,7-12,22H2,2,4-6H3. The van der Waals surface area contributed by atoms with E-state index in [0.29, 0.717) is 24.4 Å². The van der Waals surface area contributed by atoms with Crippen LogP contribution < -0.4 is 0 Å². The van der Waals surface area contributed by atoms with Gasteiger partial charge in [0.15, 0.2) is 8.32 Å². The summed E-state index contributed by atoms with van der Waals surface area (Å²) in [4.78, 5) is 22.4. The van der Waals surface area contributed by atoms with Crippen LogP contribution in [0.2, 0.25) is 25.2 Å². The van der Waals surface area contributed by atoms with Crippen molar-refractivity contribution in [3.05, 3.63) is 24.3 Å². The molecule has 0 aromatic rings. The maximum absolute atomic E-state index is 11.3. The van der Waals surface area contributed by atoms with E-state index < -0.39 is 18.1 Å². The predicted molar refractivity (Wildman–Crippen MR) is 97.5 cm³/mol. The number of rotatable bonds is 12. The molecule has 5 nitrogen and oxygen atoms in total. The highest BCUT2D eigenvalue weighted by molar-refractivity contribution is 6.75. The molecular formula is C16H30O5Si2. The molecule has 7 heteroatoms. The highest BCUT2D eigenvalue weighted by Crippen LogP contribution is 2.14. The van der Waals surface area contributed by atoms with Crippen LogP contribution in [0, 0.1) is 0 Å². The summed E-state index contributed by atoms with van der Waals surface area (Å²) in [6, 6.07) is 1.96. The molecule has 0 saturated carbocycles. The van der Waals surface area contributed by atoms with Gasteiger partial charge in [-0.3, -0.25) is 0 Å². The predicted octanol–water partition coefficient (Wildman–Crippen LogP) is 2.73. The minimum Gasteiger partial charge on any atom is -0.462 e. The molecule has 0 aliphatic carbocycles. The van der Waals surface area contributed by atoms with Gasteiger partial charge in [0.1, 0.15) is 9.76 Å². The summed E-state index contributed by atoms with van der Waals surface area (Å²) in [5.41, 5.74) is 0.858. The molecule has 0 radical (unpaired) electrons. The summed E-state index contributed by atoms with van der Waals surface area (Å²) in [5.74, 6) is -0.657. The van der Waals surface area contributed by atoms with E-state index >= 15 is 0 Å². The van der Waals surface area contributed by atoms with E-state index in [-0.39, 0.29) is 11.9 Å². The summed E-state index contributed by atoms with van der Waals surface area (Å²) < 4.78 is 16.2. The van der Waals surface area contributed by atoms with Crippen LogP contribution in [-0.2, 0) is 23.2 Å².